The largest absolute Gasteiger partial charge is 0.493 e. The first kappa shape index (κ1) is 27.7. The van der Waals surface area contributed by atoms with E-state index in [1.54, 1.807) is 18.2 Å². The molecule has 9 heteroatoms. The highest BCUT2D eigenvalue weighted by Crippen LogP contribution is 2.29. The lowest BCUT2D eigenvalue weighted by Gasteiger charge is -2.13. The van der Waals surface area contributed by atoms with E-state index in [4.69, 9.17) is 14.2 Å². The van der Waals surface area contributed by atoms with E-state index in [9.17, 15) is 10.1 Å². The zero-order valence-electron chi connectivity index (χ0n) is 21.6. The molecular formula is C28H32N4O4S. The second kappa shape index (κ2) is 14.0. The number of nitrogens with one attached hydrogen (secondary N) is 1. The molecule has 0 fully saturated rings. The third kappa shape index (κ3) is 8.05. The Kier molecular flexibility index (Phi) is 10.5. The molecule has 8 nitrogen and oxygen atoms in total. The zero-order chi connectivity index (χ0) is 26.6. The van der Waals surface area contributed by atoms with Crippen LogP contribution in [-0.4, -0.2) is 36.4 Å². The van der Waals surface area contributed by atoms with E-state index in [1.165, 1.54) is 30.1 Å². The molecule has 0 bridgehead atoms. The molecule has 2 aromatic carbocycles. The average molecular weight is 521 g/mol. The standard InChI is InChI=1S/C28H32N4O4S/c1-5-7-26-31-32-28(37-26)30-27(33)22(18-29)16-20-8-13-24(25(17-20)34-4)36-15-14-35-23-11-9-21(10-12-23)19(3)6-2/h8-13,16-17,19H,5-7,14-15H2,1-4H3,(H,30,32,33)/b22-16-. The maximum Gasteiger partial charge on any atom is 0.268 e. The van der Waals surface area contributed by atoms with E-state index in [1.807, 2.05) is 25.1 Å². The van der Waals surface area contributed by atoms with Gasteiger partial charge in [-0.2, -0.15) is 5.26 Å². The Morgan fingerprint density at radius 1 is 1.11 bits per heavy atom. The van der Waals surface area contributed by atoms with Crippen molar-refractivity contribution in [3.63, 3.8) is 0 Å². The quantitative estimate of drug-likeness (QED) is 0.167. The fourth-order valence-electron chi connectivity index (χ4n) is 3.43. The number of methoxy groups -OCH3 is 1. The summed E-state index contributed by atoms with van der Waals surface area (Å²) in [6.45, 7) is 7.12. The van der Waals surface area contributed by atoms with E-state index in [2.05, 4.69) is 41.5 Å². The molecule has 37 heavy (non-hydrogen) atoms. The average Bonchev–Trinajstić information content (AvgIpc) is 3.36. The summed E-state index contributed by atoms with van der Waals surface area (Å²) in [5.74, 6) is 1.79. The fraction of sp³-hybridized carbons (Fsp3) is 0.357. The molecule has 0 aliphatic heterocycles. The number of hydrogen-bond donors (Lipinski definition) is 1. The van der Waals surface area contributed by atoms with Crippen LogP contribution in [0.5, 0.6) is 17.2 Å². The van der Waals surface area contributed by atoms with E-state index in [0.717, 1.165) is 30.0 Å². The van der Waals surface area contributed by atoms with Crippen molar-refractivity contribution in [2.24, 2.45) is 0 Å². The van der Waals surface area contributed by atoms with E-state index < -0.39 is 5.91 Å². The molecule has 3 aromatic rings. The Balaban J connectivity index is 1.57. The highest BCUT2D eigenvalue weighted by atomic mass is 32.1. The number of rotatable bonds is 13. The van der Waals surface area contributed by atoms with Gasteiger partial charge < -0.3 is 14.2 Å². The first-order chi connectivity index (χ1) is 18.0. The number of hydrogen-bond acceptors (Lipinski definition) is 8. The molecule has 1 unspecified atom stereocenters. The summed E-state index contributed by atoms with van der Waals surface area (Å²) in [4.78, 5) is 12.6. The van der Waals surface area contributed by atoms with Gasteiger partial charge in [0.1, 0.15) is 35.6 Å². The number of nitrogens with zero attached hydrogens (tertiary/aromatic N) is 3. The predicted molar refractivity (Wildman–Crippen MR) is 145 cm³/mol. The Morgan fingerprint density at radius 3 is 2.54 bits per heavy atom. The van der Waals surface area contributed by atoms with Gasteiger partial charge in [-0.15, -0.1) is 10.2 Å². The van der Waals surface area contributed by atoms with Crippen molar-refractivity contribution in [3.05, 3.63) is 64.2 Å². The first-order valence-electron chi connectivity index (χ1n) is 12.3. The van der Waals surface area contributed by atoms with Gasteiger partial charge in [0.05, 0.1) is 7.11 Å². The Hall–Kier alpha value is -3.90. The zero-order valence-corrected chi connectivity index (χ0v) is 22.4. The number of nitriles is 1. The molecule has 0 aliphatic carbocycles. The van der Waals surface area contributed by atoms with Crippen LogP contribution in [0.1, 0.15) is 55.7 Å². The molecule has 1 N–H and O–H groups in total. The highest BCUT2D eigenvalue weighted by Gasteiger charge is 2.14. The van der Waals surface area contributed by atoms with Crippen molar-refractivity contribution < 1.29 is 19.0 Å². The van der Waals surface area contributed by atoms with E-state index in [-0.39, 0.29) is 5.57 Å². The molecule has 3 rings (SSSR count). The summed E-state index contributed by atoms with van der Waals surface area (Å²) in [6.07, 6.45) is 4.31. The summed E-state index contributed by atoms with van der Waals surface area (Å²) < 4.78 is 17.1. The number of carbonyl (C=O) groups excluding carboxylic acids is 1. The molecule has 0 aliphatic rings. The van der Waals surface area contributed by atoms with Crippen LogP contribution in [0.2, 0.25) is 0 Å². The lowest BCUT2D eigenvalue weighted by Crippen LogP contribution is -2.13. The molecule has 0 saturated heterocycles. The van der Waals surface area contributed by atoms with Crippen molar-refractivity contribution in [1.82, 2.24) is 10.2 Å². The second-order valence-electron chi connectivity index (χ2n) is 8.36. The number of ether oxygens (including phenoxy) is 3. The molecule has 1 aromatic heterocycles. The van der Waals surface area contributed by atoms with Crippen LogP contribution < -0.4 is 19.5 Å². The molecule has 194 valence electrons. The van der Waals surface area contributed by atoms with Crippen LogP contribution in [0.4, 0.5) is 5.13 Å². The van der Waals surface area contributed by atoms with Gasteiger partial charge in [0.25, 0.3) is 5.91 Å². The summed E-state index contributed by atoms with van der Waals surface area (Å²) in [5, 5.41) is 21.3. The third-order valence-corrected chi connectivity index (χ3v) is 6.58. The van der Waals surface area contributed by atoms with E-state index in [0.29, 0.717) is 41.3 Å². The van der Waals surface area contributed by atoms with Crippen molar-refractivity contribution in [2.45, 2.75) is 46.0 Å². The number of carbonyl (C=O) groups is 1. The van der Waals surface area contributed by atoms with Crippen molar-refractivity contribution in [1.29, 1.82) is 5.26 Å². The SMILES string of the molecule is CCCc1nnc(NC(=O)/C(C#N)=C\c2ccc(OCCOc3ccc(C(C)CC)cc3)c(OC)c2)s1. The van der Waals surface area contributed by atoms with Crippen LogP contribution in [-0.2, 0) is 11.2 Å². The van der Waals surface area contributed by atoms with Crippen molar-refractivity contribution in [2.75, 3.05) is 25.6 Å². The summed E-state index contributed by atoms with van der Waals surface area (Å²) in [5.41, 5.74) is 1.86. The molecule has 0 saturated carbocycles. The normalized spacial score (nSPS) is 11.9. The smallest absolute Gasteiger partial charge is 0.268 e. The number of anilines is 1. The number of aryl methyl sites for hydroxylation is 1. The van der Waals surface area contributed by atoms with Gasteiger partial charge in [0, 0.05) is 6.42 Å². The third-order valence-electron chi connectivity index (χ3n) is 5.69. The second-order valence-corrected chi connectivity index (χ2v) is 9.42. The Labute approximate surface area is 221 Å². The van der Waals surface area contributed by atoms with E-state index >= 15 is 0 Å². The topological polar surface area (TPSA) is 106 Å². The molecule has 0 radical (unpaired) electrons. The first-order valence-corrected chi connectivity index (χ1v) is 13.1. The monoisotopic (exact) mass is 520 g/mol. The highest BCUT2D eigenvalue weighted by molar-refractivity contribution is 7.15. The van der Waals surface area contributed by atoms with Crippen LogP contribution in [0, 0.1) is 11.3 Å². The number of aromatic nitrogens is 2. The van der Waals surface area contributed by atoms with Crippen LogP contribution >= 0.6 is 11.3 Å². The maximum atomic E-state index is 12.6. The molecule has 1 heterocycles. The number of amides is 1. The van der Waals surface area contributed by atoms with Gasteiger partial charge in [0.15, 0.2) is 11.5 Å². The van der Waals surface area contributed by atoms with Crippen LogP contribution in [0.25, 0.3) is 6.08 Å². The lowest BCUT2D eigenvalue weighted by atomic mass is 9.99. The van der Waals surface area contributed by atoms with Gasteiger partial charge in [-0.25, -0.2) is 0 Å². The van der Waals surface area contributed by atoms with Crippen molar-refractivity contribution in [3.8, 4) is 23.3 Å². The van der Waals surface area contributed by atoms with Crippen molar-refractivity contribution >= 4 is 28.5 Å². The molecule has 1 atom stereocenters. The lowest BCUT2D eigenvalue weighted by molar-refractivity contribution is -0.112. The maximum absolute atomic E-state index is 12.6. The fourth-order valence-corrected chi connectivity index (χ4v) is 4.27. The summed E-state index contributed by atoms with van der Waals surface area (Å²) >= 11 is 1.30. The summed E-state index contributed by atoms with van der Waals surface area (Å²) in [7, 11) is 1.53. The molecule has 1 amide bonds. The molecular weight excluding hydrogens is 488 g/mol. The summed E-state index contributed by atoms with van der Waals surface area (Å²) in [6, 6.07) is 15.3. The number of benzene rings is 2. The van der Waals surface area contributed by atoms with Gasteiger partial charge >= 0.3 is 0 Å². The Morgan fingerprint density at radius 2 is 1.86 bits per heavy atom. The van der Waals surface area contributed by atoms with Gasteiger partial charge in [-0.05, 0) is 60.2 Å². The van der Waals surface area contributed by atoms with Gasteiger partial charge in [0.2, 0.25) is 5.13 Å². The molecule has 0 spiro atoms. The van der Waals surface area contributed by atoms with Gasteiger partial charge in [-0.3, -0.25) is 10.1 Å². The van der Waals surface area contributed by atoms with Crippen LogP contribution in [0.15, 0.2) is 48.0 Å². The predicted octanol–water partition coefficient (Wildman–Crippen LogP) is 6.02. The van der Waals surface area contributed by atoms with Gasteiger partial charge in [-0.1, -0.05) is 50.3 Å². The Bertz CT molecular complexity index is 1250. The minimum atomic E-state index is -0.546. The minimum absolute atomic E-state index is 0.0595. The minimum Gasteiger partial charge on any atom is -0.493 e. The van der Waals surface area contributed by atoms with Crippen LogP contribution in [0.3, 0.4) is 0 Å².